The third-order valence-electron chi connectivity index (χ3n) is 4.55. The summed E-state index contributed by atoms with van der Waals surface area (Å²) in [6.07, 6.45) is 4.24. The molecule has 0 atom stereocenters. The molecule has 0 aromatic heterocycles. The second kappa shape index (κ2) is 7.66. The highest BCUT2D eigenvalue weighted by Crippen LogP contribution is 2.38. The number of benzene rings is 1. The van der Waals surface area contributed by atoms with E-state index in [-0.39, 0.29) is 0 Å². The first-order chi connectivity index (χ1) is 10.0. The van der Waals surface area contributed by atoms with Crippen molar-refractivity contribution in [2.75, 3.05) is 5.33 Å². The Hall–Kier alpha value is -0.510. The van der Waals surface area contributed by atoms with Crippen LogP contribution in [0, 0.1) is 5.92 Å². The Morgan fingerprint density at radius 3 is 2.10 bits per heavy atom. The molecule has 0 spiro atoms. The summed E-state index contributed by atoms with van der Waals surface area (Å²) in [5, 5.41) is 1.08. The van der Waals surface area contributed by atoms with Gasteiger partial charge in [-0.2, -0.15) is 13.2 Å². The van der Waals surface area contributed by atoms with Gasteiger partial charge in [0.2, 0.25) is 0 Å². The lowest BCUT2D eigenvalue weighted by Gasteiger charge is -2.29. The molecule has 0 amide bonds. The highest BCUT2D eigenvalue weighted by atomic mass is 79.9. The van der Waals surface area contributed by atoms with Crippen molar-refractivity contribution in [2.45, 2.75) is 57.0 Å². The average Bonchev–Trinajstić information content (AvgIpc) is 2.48. The van der Waals surface area contributed by atoms with E-state index in [0.29, 0.717) is 5.92 Å². The van der Waals surface area contributed by atoms with E-state index >= 15 is 0 Å². The molecule has 0 radical (unpaired) electrons. The van der Waals surface area contributed by atoms with E-state index in [1.807, 2.05) is 0 Å². The van der Waals surface area contributed by atoms with Crippen LogP contribution in [0.3, 0.4) is 0 Å². The smallest absolute Gasteiger partial charge is 0.166 e. The topological polar surface area (TPSA) is 0 Å². The minimum atomic E-state index is -4.23. The number of halogens is 4. The fourth-order valence-corrected chi connectivity index (χ4v) is 3.65. The van der Waals surface area contributed by atoms with Crippen molar-refractivity contribution in [1.82, 2.24) is 0 Å². The van der Waals surface area contributed by atoms with Crippen LogP contribution in [-0.2, 0) is 6.18 Å². The molecule has 0 nitrogen and oxygen atoms in total. The van der Waals surface area contributed by atoms with Crippen LogP contribution in [0.5, 0.6) is 0 Å². The van der Waals surface area contributed by atoms with Crippen LogP contribution in [0.1, 0.15) is 62.0 Å². The van der Waals surface area contributed by atoms with Gasteiger partial charge >= 0.3 is 6.18 Å². The van der Waals surface area contributed by atoms with Crippen molar-refractivity contribution in [1.29, 1.82) is 0 Å². The monoisotopic (exact) mass is 362 g/mol. The van der Waals surface area contributed by atoms with Crippen LogP contribution in [-0.4, -0.2) is 5.33 Å². The molecule has 0 heterocycles. The maximum absolute atomic E-state index is 12.6. The molecule has 0 aliphatic heterocycles. The minimum absolute atomic E-state index is 0.444. The number of hydrogen-bond acceptors (Lipinski definition) is 0. The average molecular weight is 363 g/mol. The van der Waals surface area contributed by atoms with Crippen LogP contribution in [0.4, 0.5) is 13.2 Å². The molecule has 0 N–H and O–H groups in total. The molecule has 21 heavy (non-hydrogen) atoms. The third kappa shape index (κ3) is 5.01. The Kier molecular flexibility index (Phi) is 6.15. The second-order valence-electron chi connectivity index (χ2n) is 6.02. The van der Waals surface area contributed by atoms with Crippen LogP contribution < -0.4 is 0 Å². The number of unbranched alkanes of at least 4 members (excludes halogenated alkanes) is 1. The molecule has 0 unspecified atom stereocenters. The van der Waals surface area contributed by atoms with Crippen LogP contribution in [0.15, 0.2) is 24.3 Å². The van der Waals surface area contributed by atoms with Crippen LogP contribution in [0.2, 0.25) is 0 Å². The zero-order valence-electron chi connectivity index (χ0n) is 12.1. The molecule has 0 saturated heterocycles. The van der Waals surface area contributed by atoms with Gasteiger partial charge in [-0.25, -0.2) is 0 Å². The molecule has 1 aromatic carbocycles. The lowest BCUT2D eigenvalue weighted by molar-refractivity contribution is -0.137. The minimum Gasteiger partial charge on any atom is -0.166 e. The van der Waals surface area contributed by atoms with Gasteiger partial charge in [0.1, 0.15) is 0 Å². The molecule has 1 saturated carbocycles. The molecule has 1 aliphatic carbocycles. The molecule has 0 bridgehead atoms. The second-order valence-corrected chi connectivity index (χ2v) is 6.82. The molecule has 118 valence electrons. The Morgan fingerprint density at radius 1 is 0.952 bits per heavy atom. The zero-order valence-corrected chi connectivity index (χ0v) is 13.7. The lowest BCUT2D eigenvalue weighted by Crippen LogP contribution is -2.14. The van der Waals surface area contributed by atoms with Crippen molar-refractivity contribution >= 4 is 15.9 Å². The summed E-state index contributed by atoms with van der Waals surface area (Å²) in [5.74, 6) is 1.26. The molecule has 2 rings (SSSR count). The maximum atomic E-state index is 12.6. The van der Waals surface area contributed by atoms with E-state index in [0.717, 1.165) is 29.7 Å². The molecule has 1 fully saturated rings. The SMILES string of the molecule is FC(F)(F)c1ccc([C@H]2CC[C@H](CCCCBr)CC2)cc1. The highest BCUT2D eigenvalue weighted by Gasteiger charge is 2.30. The quantitative estimate of drug-likeness (QED) is 0.411. The van der Waals surface area contributed by atoms with E-state index in [1.165, 1.54) is 44.2 Å². The molecule has 1 aromatic rings. The predicted molar refractivity (Wildman–Crippen MR) is 83.8 cm³/mol. The van der Waals surface area contributed by atoms with Crippen molar-refractivity contribution in [2.24, 2.45) is 5.92 Å². The number of rotatable bonds is 5. The Morgan fingerprint density at radius 2 is 1.57 bits per heavy atom. The summed E-state index contributed by atoms with van der Waals surface area (Å²) in [6.45, 7) is 0. The first-order valence-corrected chi connectivity index (χ1v) is 8.86. The van der Waals surface area contributed by atoms with Crippen molar-refractivity contribution in [3.8, 4) is 0 Å². The van der Waals surface area contributed by atoms with Gasteiger partial charge in [-0.15, -0.1) is 0 Å². The van der Waals surface area contributed by atoms with Gasteiger partial charge in [-0.3, -0.25) is 0 Å². The molecular formula is C17H22BrF3. The largest absolute Gasteiger partial charge is 0.416 e. The first-order valence-electron chi connectivity index (χ1n) is 7.74. The van der Waals surface area contributed by atoms with E-state index in [4.69, 9.17) is 0 Å². The van der Waals surface area contributed by atoms with Gasteiger partial charge in [-0.05, 0) is 61.6 Å². The van der Waals surface area contributed by atoms with E-state index in [1.54, 1.807) is 12.1 Å². The third-order valence-corrected chi connectivity index (χ3v) is 5.11. The van der Waals surface area contributed by atoms with Gasteiger partial charge in [0.05, 0.1) is 5.56 Å². The van der Waals surface area contributed by atoms with Crippen LogP contribution in [0.25, 0.3) is 0 Å². The number of alkyl halides is 4. The summed E-state index contributed by atoms with van der Waals surface area (Å²) in [6, 6.07) is 5.77. The fourth-order valence-electron chi connectivity index (χ4n) is 3.26. The van der Waals surface area contributed by atoms with E-state index in [2.05, 4.69) is 15.9 Å². The number of hydrogen-bond donors (Lipinski definition) is 0. The molecule has 4 heteroatoms. The van der Waals surface area contributed by atoms with E-state index < -0.39 is 11.7 Å². The van der Waals surface area contributed by atoms with E-state index in [9.17, 15) is 13.2 Å². The fraction of sp³-hybridized carbons (Fsp3) is 0.647. The maximum Gasteiger partial charge on any atom is 0.416 e. The summed E-state index contributed by atoms with van der Waals surface area (Å²) in [4.78, 5) is 0. The van der Waals surface area contributed by atoms with Crippen molar-refractivity contribution in [3.05, 3.63) is 35.4 Å². The summed E-state index contributed by atoms with van der Waals surface area (Å²) >= 11 is 3.45. The van der Waals surface area contributed by atoms with Gasteiger partial charge in [0, 0.05) is 5.33 Å². The highest BCUT2D eigenvalue weighted by molar-refractivity contribution is 9.09. The van der Waals surface area contributed by atoms with Gasteiger partial charge < -0.3 is 0 Å². The van der Waals surface area contributed by atoms with Gasteiger partial charge in [0.15, 0.2) is 0 Å². The normalized spacial score (nSPS) is 23.2. The van der Waals surface area contributed by atoms with Gasteiger partial charge in [0.25, 0.3) is 0 Å². The first kappa shape index (κ1) is 16.9. The lowest BCUT2D eigenvalue weighted by atomic mass is 9.77. The Labute approximate surface area is 133 Å². The van der Waals surface area contributed by atoms with Crippen LogP contribution >= 0.6 is 15.9 Å². The summed E-state index contributed by atoms with van der Waals surface area (Å²) < 4.78 is 37.7. The molecule has 1 aliphatic rings. The predicted octanol–water partition coefficient (Wildman–Crippen LogP) is 6.54. The van der Waals surface area contributed by atoms with Gasteiger partial charge in [-0.1, -0.05) is 40.9 Å². The molecular weight excluding hydrogens is 341 g/mol. The summed E-state index contributed by atoms with van der Waals surface area (Å²) in [5.41, 5.74) is 0.525. The standard InChI is InChI=1S/C17H22BrF3/c18-12-2-1-3-13-4-6-14(7-5-13)15-8-10-16(11-9-15)17(19,20)21/h8-11,13-14H,1-7,12H2/t13-,14-. The van der Waals surface area contributed by atoms with Crippen molar-refractivity contribution in [3.63, 3.8) is 0 Å². The Balaban J connectivity index is 1.85. The zero-order chi connectivity index (χ0) is 15.3. The van der Waals surface area contributed by atoms with Crippen molar-refractivity contribution < 1.29 is 13.2 Å². The Bertz CT molecular complexity index is 417. The summed E-state index contributed by atoms with van der Waals surface area (Å²) in [7, 11) is 0.